The van der Waals surface area contributed by atoms with Gasteiger partial charge >= 0.3 is 0 Å². The maximum absolute atomic E-state index is 11.1. The molecule has 1 aromatic heterocycles. The van der Waals surface area contributed by atoms with E-state index in [-0.39, 0.29) is 16.0 Å². The molecule has 0 N–H and O–H groups in total. The second kappa shape index (κ2) is 4.88. The van der Waals surface area contributed by atoms with E-state index >= 15 is 0 Å². The minimum absolute atomic E-state index is 0.0967. The maximum atomic E-state index is 11.1. The first-order chi connectivity index (χ1) is 11.6. The zero-order valence-electron chi connectivity index (χ0n) is 13.5. The fourth-order valence-electron chi connectivity index (χ4n) is 5.95. The summed E-state index contributed by atoms with van der Waals surface area (Å²) in [5, 5.41) is 19.6. The van der Waals surface area contributed by atoms with E-state index in [4.69, 9.17) is 0 Å². The predicted octanol–water partition coefficient (Wildman–Crippen LogP) is 3.64. The van der Waals surface area contributed by atoms with E-state index in [0.717, 1.165) is 29.1 Å². The van der Waals surface area contributed by atoms with Gasteiger partial charge < -0.3 is 0 Å². The van der Waals surface area contributed by atoms with Gasteiger partial charge in [0, 0.05) is 17.5 Å². The Morgan fingerprint density at radius 3 is 2.42 bits per heavy atom. The molecular formula is C18H20N4O2. The van der Waals surface area contributed by atoms with Crippen LogP contribution in [0.3, 0.4) is 0 Å². The zero-order chi connectivity index (χ0) is 16.3. The Balaban J connectivity index is 1.59. The molecule has 1 aromatic carbocycles. The van der Waals surface area contributed by atoms with Crippen molar-refractivity contribution >= 4 is 5.69 Å². The highest BCUT2D eigenvalue weighted by Crippen LogP contribution is 2.60. The molecule has 0 unspecified atom stereocenters. The van der Waals surface area contributed by atoms with Gasteiger partial charge in [-0.1, -0.05) is 11.3 Å². The maximum Gasteiger partial charge on any atom is 0.271 e. The van der Waals surface area contributed by atoms with Gasteiger partial charge in [-0.25, -0.2) is 4.68 Å². The summed E-state index contributed by atoms with van der Waals surface area (Å²) in [6, 6.07) is 6.72. The molecule has 124 valence electrons. The highest BCUT2D eigenvalue weighted by molar-refractivity contribution is 5.44. The number of benzene rings is 1. The van der Waals surface area contributed by atoms with E-state index in [0.29, 0.717) is 0 Å². The Morgan fingerprint density at radius 2 is 1.79 bits per heavy atom. The van der Waals surface area contributed by atoms with Crippen molar-refractivity contribution < 1.29 is 4.92 Å². The molecule has 0 amide bonds. The van der Waals surface area contributed by atoms with Gasteiger partial charge in [-0.15, -0.1) is 5.10 Å². The quantitative estimate of drug-likeness (QED) is 0.638. The first-order valence-corrected chi connectivity index (χ1v) is 8.79. The van der Waals surface area contributed by atoms with Gasteiger partial charge in [0.05, 0.1) is 22.5 Å². The van der Waals surface area contributed by atoms with E-state index < -0.39 is 0 Å². The molecule has 6 nitrogen and oxygen atoms in total. The van der Waals surface area contributed by atoms with Crippen LogP contribution in [0.1, 0.15) is 44.2 Å². The van der Waals surface area contributed by atoms with Gasteiger partial charge in [0.25, 0.3) is 5.69 Å². The van der Waals surface area contributed by atoms with Gasteiger partial charge in [0.2, 0.25) is 0 Å². The van der Waals surface area contributed by atoms with Crippen LogP contribution in [0.2, 0.25) is 0 Å². The molecular weight excluding hydrogens is 304 g/mol. The van der Waals surface area contributed by atoms with E-state index in [1.165, 1.54) is 44.6 Å². The number of nitro groups is 1. The molecule has 0 saturated heterocycles. The second-order valence-corrected chi connectivity index (χ2v) is 8.01. The van der Waals surface area contributed by atoms with Crippen molar-refractivity contribution in [3.05, 3.63) is 46.3 Å². The Labute approximate surface area is 140 Å². The van der Waals surface area contributed by atoms with Crippen LogP contribution in [0.15, 0.2) is 30.5 Å². The van der Waals surface area contributed by atoms with Crippen molar-refractivity contribution in [3.8, 4) is 5.69 Å². The van der Waals surface area contributed by atoms with Gasteiger partial charge in [-0.3, -0.25) is 10.1 Å². The molecule has 24 heavy (non-hydrogen) atoms. The molecule has 4 bridgehead atoms. The standard InChI is InChI=1S/C18H20N4O2/c23-22(24)16-3-1-2-15(7-16)21-17(11-19-20-21)18-8-12-4-13(9-18)6-14(5-12)10-18/h1-3,7,11-14H,4-6,8-10H2. The summed E-state index contributed by atoms with van der Waals surface area (Å²) < 4.78 is 1.85. The second-order valence-electron chi connectivity index (χ2n) is 8.01. The summed E-state index contributed by atoms with van der Waals surface area (Å²) >= 11 is 0. The average Bonchev–Trinajstić information content (AvgIpc) is 3.04. The van der Waals surface area contributed by atoms with E-state index in [1.807, 2.05) is 16.9 Å². The van der Waals surface area contributed by atoms with Gasteiger partial charge in [0.15, 0.2) is 0 Å². The van der Waals surface area contributed by atoms with Crippen molar-refractivity contribution in [1.82, 2.24) is 15.0 Å². The third-order valence-electron chi connectivity index (χ3n) is 6.42. The van der Waals surface area contributed by atoms with E-state index in [2.05, 4.69) is 10.3 Å². The van der Waals surface area contributed by atoms with Gasteiger partial charge in [-0.2, -0.15) is 0 Å². The number of aromatic nitrogens is 3. The minimum Gasteiger partial charge on any atom is -0.258 e. The van der Waals surface area contributed by atoms with E-state index in [1.54, 1.807) is 12.1 Å². The fourth-order valence-corrected chi connectivity index (χ4v) is 5.95. The van der Waals surface area contributed by atoms with Crippen LogP contribution in [0, 0.1) is 27.9 Å². The third kappa shape index (κ3) is 2.01. The summed E-state index contributed by atoms with van der Waals surface area (Å²) in [6.07, 6.45) is 9.72. The minimum atomic E-state index is -0.356. The molecule has 1 heterocycles. The normalized spacial score (nSPS) is 33.8. The summed E-state index contributed by atoms with van der Waals surface area (Å²) in [5.74, 6) is 2.51. The summed E-state index contributed by atoms with van der Waals surface area (Å²) in [7, 11) is 0. The predicted molar refractivity (Wildman–Crippen MR) is 87.9 cm³/mol. The Bertz CT molecular complexity index is 778. The van der Waals surface area contributed by atoms with Gasteiger partial charge in [0.1, 0.15) is 0 Å². The highest BCUT2D eigenvalue weighted by Gasteiger charge is 2.53. The smallest absolute Gasteiger partial charge is 0.258 e. The van der Waals surface area contributed by atoms with Crippen LogP contribution in [-0.2, 0) is 5.41 Å². The third-order valence-corrected chi connectivity index (χ3v) is 6.42. The van der Waals surface area contributed by atoms with Crippen LogP contribution in [0.25, 0.3) is 5.69 Å². The summed E-state index contributed by atoms with van der Waals surface area (Å²) in [6.45, 7) is 0. The van der Waals surface area contributed by atoms with Gasteiger partial charge in [-0.05, 0) is 62.3 Å². The van der Waals surface area contributed by atoms with Crippen LogP contribution < -0.4 is 0 Å². The van der Waals surface area contributed by atoms with Crippen molar-refractivity contribution in [2.45, 2.75) is 43.9 Å². The largest absolute Gasteiger partial charge is 0.271 e. The summed E-state index contributed by atoms with van der Waals surface area (Å²) in [4.78, 5) is 10.7. The molecule has 4 aliphatic rings. The Morgan fingerprint density at radius 1 is 1.12 bits per heavy atom. The van der Waals surface area contributed by atoms with Crippen LogP contribution >= 0.6 is 0 Å². The molecule has 4 saturated carbocycles. The lowest BCUT2D eigenvalue weighted by Gasteiger charge is -2.56. The number of non-ortho nitro benzene ring substituents is 1. The first kappa shape index (κ1) is 14.1. The highest BCUT2D eigenvalue weighted by atomic mass is 16.6. The average molecular weight is 324 g/mol. The number of rotatable bonds is 3. The SMILES string of the molecule is O=[N+]([O-])c1cccc(-n2nncc2C23CC4CC(CC(C4)C2)C3)c1. The molecule has 4 aliphatic carbocycles. The first-order valence-electron chi connectivity index (χ1n) is 8.79. The van der Waals surface area contributed by atoms with E-state index in [9.17, 15) is 10.1 Å². The molecule has 0 radical (unpaired) electrons. The molecule has 6 heteroatoms. The molecule has 0 atom stereocenters. The summed E-state index contributed by atoms with van der Waals surface area (Å²) in [5.41, 5.74) is 2.16. The van der Waals surface area contributed by atoms with Crippen molar-refractivity contribution in [1.29, 1.82) is 0 Å². The molecule has 6 rings (SSSR count). The number of nitrogens with zero attached hydrogens (tertiary/aromatic N) is 4. The molecule has 2 aromatic rings. The lowest BCUT2D eigenvalue weighted by molar-refractivity contribution is -0.384. The van der Waals surface area contributed by atoms with Crippen molar-refractivity contribution in [3.63, 3.8) is 0 Å². The zero-order valence-corrected chi connectivity index (χ0v) is 13.5. The lowest BCUT2D eigenvalue weighted by atomic mass is 9.49. The molecule has 4 fully saturated rings. The van der Waals surface area contributed by atoms with Crippen LogP contribution in [-0.4, -0.2) is 19.9 Å². The van der Waals surface area contributed by atoms with Crippen LogP contribution in [0.4, 0.5) is 5.69 Å². The number of nitro benzene ring substituents is 1. The number of hydrogen-bond donors (Lipinski definition) is 0. The van der Waals surface area contributed by atoms with Crippen molar-refractivity contribution in [2.75, 3.05) is 0 Å². The Hall–Kier alpha value is -2.24. The molecule has 0 aliphatic heterocycles. The topological polar surface area (TPSA) is 73.8 Å². The molecule has 0 spiro atoms. The Kier molecular flexibility index (Phi) is 2.87. The fraction of sp³-hybridized carbons (Fsp3) is 0.556. The van der Waals surface area contributed by atoms with Crippen molar-refractivity contribution in [2.24, 2.45) is 17.8 Å². The van der Waals surface area contributed by atoms with Crippen LogP contribution in [0.5, 0.6) is 0 Å². The monoisotopic (exact) mass is 324 g/mol. The lowest BCUT2D eigenvalue weighted by Crippen LogP contribution is -2.49. The number of hydrogen-bond acceptors (Lipinski definition) is 4.